The highest BCUT2D eigenvalue weighted by molar-refractivity contribution is 5.76. The van der Waals surface area contributed by atoms with Crippen molar-refractivity contribution in [3.63, 3.8) is 0 Å². The number of aryl methyl sites for hydroxylation is 1. The van der Waals surface area contributed by atoms with Crippen LogP contribution < -0.4 is 20.1 Å². The van der Waals surface area contributed by atoms with E-state index in [0.717, 1.165) is 80.3 Å². The summed E-state index contributed by atoms with van der Waals surface area (Å²) in [5, 5.41) is 13.0. The van der Waals surface area contributed by atoms with Crippen molar-refractivity contribution in [1.29, 1.82) is 5.26 Å². The summed E-state index contributed by atoms with van der Waals surface area (Å²) in [5.74, 6) is 1.01. The first kappa shape index (κ1) is 22.0. The van der Waals surface area contributed by atoms with Gasteiger partial charge in [0, 0.05) is 25.1 Å². The fraction of sp³-hybridized carbons (Fsp3) is 0.696. The number of aromatic nitrogens is 1. The third-order valence-electron chi connectivity index (χ3n) is 6.73. The number of anilines is 1. The standard InChI is InChI=1S/C23H33N5O3/c1-16-20-15-31-23(2,3)11-18(20)19(12-24)22(26-16)28-8-6-27(7-9-28)14-21(29)25-13-17-5-4-10-30-17/h17H,4-11,13-15H2,1-3H3,(H,25,29)/p+2/t17-/m1/s1. The summed E-state index contributed by atoms with van der Waals surface area (Å²) in [6, 6.07) is 2.46. The van der Waals surface area contributed by atoms with Gasteiger partial charge < -0.3 is 19.7 Å². The Hall–Kier alpha value is -2.21. The van der Waals surface area contributed by atoms with E-state index in [1.807, 2.05) is 0 Å². The molecule has 31 heavy (non-hydrogen) atoms. The molecule has 4 rings (SSSR count). The van der Waals surface area contributed by atoms with Crippen LogP contribution in [0.15, 0.2) is 0 Å². The lowest BCUT2D eigenvalue weighted by Gasteiger charge is -2.34. The molecule has 1 amide bonds. The van der Waals surface area contributed by atoms with Gasteiger partial charge in [-0.15, -0.1) is 0 Å². The Balaban J connectivity index is 1.38. The molecule has 1 atom stereocenters. The minimum absolute atomic E-state index is 0.0927. The van der Waals surface area contributed by atoms with Gasteiger partial charge in [-0.3, -0.25) is 4.79 Å². The highest BCUT2D eigenvalue weighted by Gasteiger charge is 2.36. The maximum Gasteiger partial charge on any atom is 0.293 e. The fourth-order valence-electron chi connectivity index (χ4n) is 4.87. The number of amides is 1. The number of nitrogens with zero attached hydrogens (tertiary/aromatic N) is 2. The highest BCUT2D eigenvalue weighted by Crippen LogP contribution is 2.33. The number of H-pyrrole nitrogens is 1. The van der Waals surface area contributed by atoms with Crippen molar-refractivity contribution in [3.05, 3.63) is 22.4 Å². The molecule has 3 N–H and O–H groups in total. The summed E-state index contributed by atoms with van der Waals surface area (Å²) >= 11 is 0. The molecule has 1 aromatic rings. The van der Waals surface area contributed by atoms with Gasteiger partial charge in [0.1, 0.15) is 43.5 Å². The summed E-state index contributed by atoms with van der Waals surface area (Å²) in [6.07, 6.45) is 3.04. The van der Waals surface area contributed by atoms with Crippen LogP contribution in [0.5, 0.6) is 0 Å². The Morgan fingerprint density at radius 3 is 2.81 bits per heavy atom. The summed E-state index contributed by atoms with van der Waals surface area (Å²) in [7, 11) is 0. The van der Waals surface area contributed by atoms with Gasteiger partial charge in [0.05, 0.1) is 18.3 Å². The first-order chi connectivity index (χ1) is 14.9. The maximum absolute atomic E-state index is 12.3. The van der Waals surface area contributed by atoms with Gasteiger partial charge in [-0.25, -0.2) is 9.88 Å². The van der Waals surface area contributed by atoms with Crippen molar-refractivity contribution in [3.8, 4) is 6.07 Å². The molecule has 3 aliphatic heterocycles. The minimum atomic E-state index is -0.261. The van der Waals surface area contributed by atoms with Crippen LogP contribution in [0.2, 0.25) is 0 Å². The van der Waals surface area contributed by atoms with Crippen molar-refractivity contribution in [2.45, 2.75) is 58.3 Å². The van der Waals surface area contributed by atoms with E-state index in [0.29, 0.717) is 19.7 Å². The Morgan fingerprint density at radius 2 is 2.13 bits per heavy atom. The van der Waals surface area contributed by atoms with E-state index >= 15 is 0 Å². The molecule has 2 fully saturated rings. The Bertz CT molecular complexity index is 865. The molecule has 0 aliphatic carbocycles. The van der Waals surface area contributed by atoms with Gasteiger partial charge in [0.15, 0.2) is 6.54 Å². The van der Waals surface area contributed by atoms with Gasteiger partial charge in [-0.1, -0.05) is 0 Å². The Kier molecular flexibility index (Phi) is 6.47. The van der Waals surface area contributed by atoms with Gasteiger partial charge in [-0.05, 0) is 39.2 Å². The summed E-state index contributed by atoms with van der Waals surface area (Å²) in [6.45, 7) is 12.1. The fourth-order valence-corrected chi connectivity index (χ4v) is 4.87. The molecule has 168 valence electrons. The number of hydrogen-bond acceptors (Lipinski definition) is 5. The van der Waals surface area contributed by atoms with E-state index in [9.17, 15) is 10.1 Å². The first-order valence-corrected chi connectivity index (χ1v) is 11.4. The number of piperazine rings is 1. The number of ether oxygens (including phenoxy) is 2. The highest BCUT2D eigenvalue weighted by atomic mass is 16.5. The second-order valence-corrected chi connectivity index (χ2v) is 9.62. The van der Waals surface area contributed by atoms with Crippen molar-refractivity contribution in [1.82, 2.24) is 5.32 Å². The maximum atomic E-state index is 12.3. The van der Waals surface area contributed by atoms with Crippen molar-refractivity contribution in [2.75, 3.05) is 50.8 Å². The number of rotatable bonds is 5. The zero-order chi connectivity index (χ0) is 22.0. The third-order valence-corrected chi connectivity index (χ3v) is 6.73. The number of carbonyl (C=O) groups is 1. The number of pyridine rings is 1. The van der Waals surface area contributed by atoms with Gasteiger partial charge in [0.25, 0.3) is 11.7 Å². The molecule has 8 heteroatoms. The topological polar surface area (TPSA) is 93.2 Å². The van der Waals surface area contributed by atoms with E-state index in [4.69, 9.17) is 9.47 Å². The summed E-state index contributed by atoms with van der Waals surface area (Å²) < 4.78 is 11.5. The lowest BCUT2D eigenvalue weighted by Crippen LogP contribution is -3.16. The first-order valence-electron chi connectivity index (χ1n) is 11.4. The summed E-state index contributed by atoms with van der Waals surface area (Å²) in [4.78, 5) is 19.4. The molecule has 1 aromatic heterocycles. The predicted octanol–water partition coefficient (Wildman–Crippen LogP) is -0.468. The van der Waals surface area contributed by atoms with Crippen molar-refractivity contribution in [2.24, 2.45) is 0 Å². The van der Waals surface area contributed by atoms with Crippen LogP contribution in [-0.4, -0.2) is 63.5 Å². The molecular weight excluding hydrogens is 394 g/mol. The van der Waals surface area contributed by atoms with Crippen molar-refractivity contribution < 1.29 is 24.2 Å². The van der Waals surface area contributed by atoms with E-state index < -0.39 is 0 Å². The molecule has 0 aromatic carbocycles. The number of aromatic amines is 1. The van der Waals surface area contributed by atoms with Crippen LogP contribution in [-0.2, 0) is 27.3 Å². The minimum Gasteiger partial charge on any atom is -0.376 e. The smallest absolute Gasteiger partial charge is 0.293 e. The second-order valence-electron chi connectivity index (χ2n) is 9.62. The third kappa shape index (κ3) is 5.00. The number of fused-ring (bicyclic) bond motifs is 1. The molecule has 0 spiro atoms. The van der Waals surface area contributed by atoms with Gasteiger partial charge in [0.2, 0.25) is 0 Å². The second kappa shape index (κ2) is 9.11. The molecule has 0 unspecified atom stereocenters. The van der Waals surface area contributed by atoms with Gasteiger partial charge in [-0.2, -0.15) is 5.26 Å². The zero-order valence-electron chi connectivity index (χ0n) is 19.0. The molecule has 0 bridgehead atoms. The lowest BCUT2D eigenvalue weighted by molar-refractivity contribution is -0.892. The normalized spacial score (nSPS) is 23.3. The molecule has 2 saturated heterocycles. The lowest BCUT2D eigenvalue weighted by atomic mass is 9.88. The number of carbonyl (C=O) groups excluding carboxylic acids is 1. The Morgan fingerprint density at radius 1 is 1.35 bits per heavy atom. The number of nitrogens with one attached hydrogen (secondary N) is 3. The van der Waals surface area contributed by atoms with Crippen LogP contribution in [0.3, 0.4) is 0 Å². The van der Waals surface area contributed by atoms with Crippen LogP contribution in [0, 0.1) is 18.3 Å². The monoisotopic (exact) mass is 429 g/mol. The summed E-state index contributed by atoms with van der Waals surface area (Å²) in [5.41, 5.74) is 3.79. The SMILES string of the molecule is Cc1[nH+]c(N2CC[NH+](CC(=O)NC[C@H]3CCCO3)CC2)c(C#N)c2c1COC(C)(C)C2. The van der Waals surface area contributed by atoms with Crippen LogP contribution in [0.1, 0.15) is 49.1 Å². The predicted molar refractivity (Wildman–Crippen MR) is 115 cm³/mol. The number of hydrogen-bond donors (Lipinski definition) is 2. The van der Waals surface area contributed by atoms with E-state index in [-0.39, 0.29) is 17.6 Å². The number of nitriles is 1. The zero-order valence-corrected chi connectivity index (χ0v) is 19.0. The largest absolute Gasteiger partial charge is 0.376 e. The number of quaternary nitrogens is 1. The average molecular weight is 430 g/mol. The quantitative estimate of drug-likeness (QED) is 0.660. The van der Waals surface area contributed by atoms with Gasteiger partial charge >= 0.3 is 0 Å². The van der Waals surface area contributed by atoms with Crippen LogP contribution >= 0.6 is 0 Å². The average Bonchev–Trinajstić information content (AvgIpc) is 3.25. The van der Waals surface area contributed by atoms with Crippen LogP contribution in [0.25, 0.3) is 0 Å². The van der Waals surface area contributed by atoms with Crippen LogP contribution in [0.4, 0.5) is 5.82 Å². The molecule has 0 radical (unpaired) electrons. The van der Waals surface area contributed by atoms with Crippen molar-refractivity contribution >= 4 is 11.7 Å². The molecule has 3 aliphatic rings. The Labute approximate surface area is 184 Å². The van der Waals surface area contributed by atoms with E-state index in [1.165, 1.54) is 4.90 Å². The molecule has 8 nitrogen and oxygen atoms in total. The molecule has 4 heterocycles. The molecule has 0 saturated carbocycles. The molecular formula is C23H35N5O3+2. The van der Waals surface area contributed by atoms with E-state index in [1.54, 1.807) is 0 Å². The van der Waals surface area contributed by atoms with E-state index in [2.05, 4.69) is 42.0 Å².